The fourth-order valence-electron chi connectivity index (χ4n) is 1.89. The third-order valence-electron chi connectivity index (χ3n) is 2.69. The number of aliphatic hydroxyl groups excluding tert-OH is 1. The number of anilines is 1. The van der Waals surface area contributed by atoms with Crippen LogP contribution in [0.4, 0.5) is 5.82 Å². The van der Waals surface area contributed by atoms with E-state index >= 15 is 0 Å². The Kier molecular flexibility index (Phi) is 4.48. The van der Waals surface area contributed by atoms with E-state index in [-0.39, 0.29) is 17.9 Å². The van der Waals surface area contributed by atoms with Crippen LogP contribution >= 0.6 is 23.4 Å². The van der Waals surface area contributed by atoms with E-state index in [2.05, 4.69) is 22.2 Å². The van der Waals surface area contributed by atoms with Gasteiger partial charge in [-0.25, -0.2) is 4.98 Å². The van der Waals surface area contributed by atoms with Crippen molar-refractivity contribution in [3.05, 3.63) is 11.0 Å². The van der Waals surface area contributed by atoms with Gasteiger partial charge in [-0.1, -0.05) is 13.3 Å². The van der Waals surface area contributed by atoms with E-state index in [0.29, 0.717) is 0 Å². The first-order chi connectivity index (χ1) is 8.24. The number of aryl methyl sites for hydroxylation is 1. The average molecular weight is 274 g/mol. The van der Waals surface area contributed by atoms with Crippen molar-refractivity contribution >= 4 is 29.2 Å². The molecule has 1 aromatic rings. The van der Waals surface area contributed by atoms with E-state index in [1.807, 2.05) is 0 Å². The molecule has 94 valence electrons. The van der Waals surface area contributed by atoms with Crippen LogP contribution in [-0.4, -0.2) is 33.5 Å². The van der Waals surface area contributed by atoms with E-state index in [1.165, 1.54) is 0 Å². The number of rotatable bonds is 5. The molecule has 2 N–H and O–H groups in total. The molecule has 2 rings (SSSR count). The Hall–Kier alpha value is -0.520. The van der Waals surface area contributed by atoms with Crippen LogP contribution in [0.2, 0.25) is 5.28 Å². The summed E-state index contributed by atoms with van der Waals surface area (Å²) < 4.78 is 0. The topological polar surface area (TPSA) is 58.0 Å². The Morgan fingerprint density at radius 3 is 3.06 bits per heavy atom. The molecule has 0 fully saturated rings. The lowest BCUT2D eigenvalue weighted by molar-refractivity contribution is 0.268. The zero-order chi connectivity index (χ0) is 12.3. The van der Waals surface area contributed by atoms with Gasteiger partial charge in [0.1, 0.15) is 5.82 Å². The second-order valence-electron chi connectivity index (χ2n) is 4.03. The van der Waals surface area contributed by atoms with Crippen LogP contribution in [0.5, 0.6) is 0 Å². The molecule has 1 atom stereocenters. The summed E-state index contributed by atoms with van der Waals surface area (Å²) >= 11 is 7.64. The number of aromatic nitrogens is 2. The van der Waals surface area contributed by atoms with E-state index < -0.39 is 0 Å². The number of nitrogens with one attached hydrogen (secondary N) is 1. The lowest BCUT2D eigenvalue weighted by Crippen LogP contribution is -2.24. The van der Waals surface area contributed by atoms with Gasteiger partial charge < -0.3 is 10.4 Å². The maximum absolute atomic E-state index is 9.29. The summed E-state index contributed by atoms with van der Waals surface area (Å²) in [5.74, 6) is 1.80. The van der Waals surface area contributed by atoms with Gasteiger partial charge in [0.25, 0.3) is 0 Å². The monoisotopic (exact) mass is 273 g/mol. The summed E-state index contributed by atoms with van der Waals surface area (Å²) in [5, 5.41) is 12.8. The Morgan fingerprint density at radius 1 is 1.53 bits per heavy atom. The molecule has 17 heavy (non-hydrogen) atoms. The molecule has 0 bridgehead atoms. The minimum absolute atomic E-state index is 0.0382. The van der Waals surface area contributed by atoms with Crippen molar-refractivity contribution in [2.75, 3.05) is 17.7 Å². The number of halogens is 1. The second kappa shape index (κ2) is 5.89. The Bertz CT molecular complexity index is 403. The molecule has 0 saturated carbocycles. The van der Waals surface area contributed by atoms with Gasteiger partial charge in [0.2, 0.25) is 5.28 Å². The SMILES string of the molecule is CCCC(CO)Nc1nc(Cl)nc2c1SCC2. The van der Waals surface area contributed by atoms with Crippen LogP contribution in [-0.2, 0) is 6.42 Å². The van der Waals surface area contributed by atoms with Crippen molar-refractivity contribution in [3.63, 3.8) is 0 Å². The summed E-state index contributed by atoms with van der Waals surface area (Å²) in [6.45, 7) is 2.20. The van der Waals surface area contributed by atoms with Crippen molar-refractivity contribution in [1.82, 2.24) is 9.97 Å². The Labute approximate surface area is 110 Å². The molecule has 0 spiro atoms. The standard InChI is InChI=1S/C11H16ClN3OS/c1-2-3-7(6-16)13-10-9-8(4-5-17-9)14-11(12)15-10/h7,16H,2-6H2,1H3,(H,13,14,15). The van der Waals surface area contributed by atoms with Gasteiger partial charge in [-0.15, -0.1) is 11.8 Å². The highest BCUT2D eigenvalue weighted by Crippen LogP contribution is 2.36. The van der Waals surface area contributed by atoms with Crippen LogP contribution in [0, 0.1) is 0 Å². The third kappa shape index (κ3) is 3.03. The van der Waals surface area contributed by atoms with Crippen molar-refractivity contribution in [2.45, 2.75) is 37.1 Å². The van der Waals surface area contributed by atoms with Gasteiger partial charge in [-0.2, -0.15) is 4.98 Å². The van der Waals surface area contributed by atoms with Crippen LogP contribution < -0.4 is 5.32 Å². The van der Waals surface area contributed by atoms with Gasteiger partial charge in [-0.3, -0.25) is 0 Å². The van der Waals surface area contributed by atoms with E-state index in [1.54, 1.807) is 11.8 Å². The molecule has 1 unspecified atom stereocenters. The Morgan fingerprint density at radius 2 is 2.35 bits per heavy atom. The molecular formula is C11H16ClN3OS. The molecule has 0 amide bonds. The predicted octanol–water partition coefficient (Wildman–Crippen LogP) is 2.35. The fourth-order valence-corrected chi connectivity index (χ4v) is 3.13. The van der Waals surface area contributed by atoms with Crippen molar-refractivity contribution in [2.24, 2.45) is 0 Å². The van der Waals surface area contributed by atoms with Crippen LogP contribution in [0.25, 0.3) is 0 Å². The first kappa shape index (κ1) is 12.9. The summed E-state index contributed by atoms with van der Waals surface area (Å²) in [7, 11) is 0. The maximum atomic E-state index is 9.29. The highest BCUT2D eigenvalue weighted by molar-refractivity contribution is 7.99. The summed E-state index contributed by atoms with van der Waals surface area (Å²) in [4.78, 5) is 9.54. The molecule has 6 heteroatoms. The normalized spacial score (nSPS) is 15.7. The van der Waals surface area contributed by atoms with Gasteiger partial charge in [0.15, 0.2) is 0 Å². The van der Waals surface area contributed by atoms with Gasteiger partial charge >= 0.3 is 0 Å². The van der Waals surface area contributed by atoms with E-state index in [0.717, 1.165) is 41.4 Å². The van der Waals surface area contributed by atoms with Crippen LogP contribution in [0.15, 0.2) is 4.90 Å². The highest BCUT2D eigenvalue weighted by Gasteiger charge is 2.21. The Balaban J connectivity index is 2.20. The molecule has 1 aromatic heterocycles. The number of hydrogen-bond acceptors (Lipinski definition) is 5. The van der Waals surface area contributed by atoms with E-state index in [9.17, 15) is 5.11 Å². The van der Waals surface area contributed by atoms with Crippen molar-refractivity contribution in [1.29, 1.82) is 0 Å². The van der Waals surface area contributed by atoms with Crippen molar-refractivity contribution in [3.8, 4) is 0 Å². The molecule has 0 aromatic carbocycles. The van der Waals surface area contributed by atoms with E-state index in [4.69, 9.17) is 11.6 Å². The molecule has 1 aliphatic rings. The predicted molar refractivity (Wildman–Crippen MR) is 70.9 cm³/mol. The van der Waals surface area contributed by atoms with Crippen molar-refractivity contribution < 1.29 is 5.11 Å². The largest absolute Gasteiger partial charge is 0.394 e. The highest BCUT2D eigenvalue weighted by atomic mass is 35.5. The smallest absolute Gasteiger partial charge is 0.224 e. The molecule has 4 nitrogen and oxygen atoms in total. The number of aliphatic hydroxyl groups is 1. The number of nitrogens with zero attached hydrogens (tertiary/aromatic N) is 2. The molecule has 0 radical (unpaired) electrons. The molecular weight excluding hydrogens is 258 g/mol. The molecule has 2 heterocycles. The fraction of sp³-hybridized carbons (Fsp3) is 0.636. The maximum Gasteiger partial charge on any atom is 0.224 e. The van der Waals surface area contributed by atoms with Gasteiger partial charge in [0.05, 0.1) is 23.2 Å². The lowest BCUT2D eigenvalue weighted by atomic mass is 10.2. The quantitative estimate of drug-likeness (QED) is 0.807. The zero-order valence-corrected chi connectivity index (χ0v) is 11.3. The summed E-state index contributed by atoms with van der Waals surface area (Å²) in [6.07, 6.45) is 2.87. The lowest BCUT2D eigenvalue weighted by Gasteiger charge is -2.17. The zero-order valence-electron chi connectivity index (χ0n) is 9.74. The number of fused-ring (bicyclic) bond motifs is 1. The summed E-state index contributed by atoms with van der Waals surface area (Å²) in [6, 6.07) is 0.0382. The van der Waals surface area contributed by atoms with Crippen LogP contribution in [0.3, 0.4) is 0 Å². The minimum atomic E-state index is 0.0382. The second-order valence-corrected chi connectivity index (χ2v) is 5.47. The minimum Gasteiger partial charge on any atom is -0.394 e. The third-order valence-corrected chi connectivity index (χ3v) is 3.99. The van der Waals surface area contributed by atoms with Crippen LogP contribution in [0.1, 0.15) is 25.5 Å². The first-order valence-corrected chi connectivity index (χ1v) is 7.17. The summed E-state index contributed by atoms with van der Waals surface area (Å²) in [5.41, 5.74) is 1.02. The average Bonchev–Trinajstić information content (AvgIpc) is 2.76. The van der Waals surface area contributed by atoms with Gasteiger partial charge in [-0.05, 0) is 18.0 Å². The van der Waals surface area contributed by atoms with Gasteiger partial charge in [0, 0.05) is 12.2 Å². The molecule has 0 aliphatic carbocycles. The number of hydrogen-bond donors (Lipinski definition) is 2. The first-order valence-electron chi connectivity index (χ1n) is 5.81. The number of thioether (sulfide) groups is 1. The molecule has 1 aliphatic heterocycles. The molecule has 0 saturated heterocycles.